The van der Waals surface area contributed by atoms with Gasteiger partial charge in [-0.3, -0.25) is 4.79 Å². The lowest BCUT2D eigenvalue weighted by molar-refractivity contribution is -0.154. The van der Waals surface area contributed by atoms with Crippen molar-refractivity contribution < 1.29 is 9.53 Å². The van der Waals surface area contributed by atoms with E-state index in [-0.39, 0.29) is 5.97 Å². The Hall–Kier alpha value is -1.55. The van der Waals surface area contributed by atoms with Crippen molar-refractivity contribution in [2.75, 3.05) is 18.4 Å². The average molecular weight is 292 g/mol. The highest BCUT2D eigenvalue weighted by molar-refractivity contribution is 5.69. The number of benzene rings is 1. The van der Waals surface area contributed by atoms with E-state index < -0.39 is 5.60 Å². The van der Waals surface area contributed by atoms with Crippen LogP contribution in [-0.4, -0.2) is 24.7 Å². The molecule has 21 heavy (non-hydrogen) atoms. The summed E-state index contributed by atoms with van der Waals surface area (Å²) in [6.07, 6.45) is 1.25. The molecule has 4 heteroatoms. The van der Waals surface area contributed by atoms with E-state index in [1.54, 1.807) is 0 Å². The Bertz CT molecular complexity index is 439. The SMILES string of the molecule is CCNc1cccc(CNCCCC(=O)OC(C)(C)C)c1. The molecule has 1 aromatic carbocycles. The standard InChI is InChI=1S/C17H28N2O2/c1-5-19-15-9-6-8-14(12-15)13-18-11-7-10-16(20)21-17(2,3)4/h6,8-9,12,18-19H,5,7,10-11,13H2,1-4H3. The van der Waals surface area contributed by atoms with Gasteiger partial charge in [-0.15, -0.1) is 0 Å². The molecule has 0 bridgehead atoms. The zero-order chi connectivity index (χ0) is 15.7. The molecule has 2 N–H and O–H groups in total. The number of carbonyl (C=O) groups excluding carboxylic acids is 1. The number of rotatable bonds is 8. The first-order chi connectivity index (χ1) is 9.90. The fourth-order valence-electron chi connectivity index (χ4n) is 1.98. The van der Waals surface area contributed by atoms with Crippen LogP contribution in [0.4, 0.5) is 5.69 Å². The fraction of sp³-hybridized carbons (Fsp3) is 0.588. The van der Waals surface area contributed by atoms with E-state index in [1.807, 2.05) is 20.8 Å². The van der Waals surface area contributed by atoms with Crippen LogP contribution in [0, 0.1) is 0 Å². The number of ether oxygens (including phenoxy) is 1. The van der Waals surface area contributed by atoms with Gasteiger partial charge in [0.15, 0.2) is 0 Å². The van der Waals surface area contributed by atoms with Crippen molar-refractivity contribution in [3.05, 3.63) is 29.8 Å². The third-order valence-electron chi connectivity index (χ3n) is 2.79. The van der Waals surface area contributed by atoms with E-state index in [0.29, 0.717) is 6.42 Å². The predicted octanol–water partition coefficient (Wildman–Crippen LogP) is 3.33. The van der Waals surface area contributed by atoms with Crippen molar-refractivity contribution in [1.29, 1.82) is 0 Å². The van der Waals surface area contributed by atoms with Gasteiger partial charge >= 0.3 is 5.97 Å². The van der Waals surface area contributed by atoms with E-state index >= 15 is 0 Å². The molecule has 0 atom stereocenters. The lowest BCUT2D eigenvalue weighted by Crippen LogP contribution is -2.24. The molecule has 0 aliphatic rings. The van der Waals surface area contributed by atoms with E-state index in [0.717, 1.165) is 31.7 Å². The summed E-state index contributed by atoms with van der Waals surface area (Å²) >= 11 is 0. The minimum Gasteiger partial charge on any atom is -0.460 e. The highest BCUT2D eigenvalue weighted by atomic mass is 16.6. The van der Waals surface area contributed by atoms with Crippen LogP contribution in [0.5, 0.6) is 0 Å². The Balaban J connectivity index is 2.19. The number of esters is 1. The Kier molecular flexibility index (Phi) is 7.23. The second-order valence-corrected chi connectivity index (χ2v) is 6.10. The van der Waals surface area contributed by atoms with Crippen molar-refractivity contribution >= 4 is 11.7 Å². The monoisotopic (exact) mass is 292 g/mol. The predicted molar refractivity (Wildman–Crippen MR) is 87.4 cm³/mol. The first-order valence-electron chi connectivity index (χ1n) is 7.66. The molecular weight excluding hydrogens is 264 g/mol. The maximum atomic E-state index is 11.6. The number of carbonyl (C=O) groups is 1. The normalized spacial score (nSPS) is 11.2. The average Bonchev–Trinajstić information content (AvgIpc) is 2.37. The molecule has 0 unspecified atom stereocenters. The summed E-state index contributed by atoms with van der Waals surface area (Å²) in [4.78, 5) is 11.6. The molecule has 0 fully saturated rings. The number of nitrogens with one attached hydrogen (secondary N) is 2. The maximum Gasteiger partial charge on any atom is 0.306 e. The molecule has 0 saturated heterocycles. The van der Waals surface area contributed by atoms with Crippen molar-refractivity contribution in [1.82, 2.24) is 5.32 Å². The van der Waals surface area contributed by atoms with E-state index in [2.05, 4.69) is 41.8 Å². The van der Waals surface area contributed by atoms with E-state index in [1.165, 1.54) is 5.56 Å². The zero-order valence-corrected chi connectivity index (χ0v) is 13.7. The molecule has 4 nitrogen and oxygen atoms in total. The summed E-state index contributed by atoms with van der Waals surface area (Å²) < 4.78 is 5.27. The van der Waals surface area contributed by atoms with Gasteiger partial charge in [0.1, 0.15) is 5.60 Å². The van der Waals surface area contributed by atoms with Crippen molar-refractivity contribution in [2.45, 2.75) is 52.7 Å². The quantitative estimate of drug-likeness (QED) is 0.570. The molecule has 118 valence electrons. The van der Waals surface area contributed by atoms with Gasteiger partial charge in [-0.1, -0.05) is 12.1 Å². The molecule has 0 heterocycles. The Morgan fingerprint density at radius 2 is 2.05 bits per heavy atom. The highest BCUT2D eigenvalue weighted by Crippen LogP contribution is 2.10. The van der Waals surface area contributed by atoms with Crippen LogP contribution in [0.1, 0.15) is 46.1 Å². The second-order valence-electron chi connectivity index (χ2n) is 6.10. The topological polar surface area (TPSA) is 50.4 Å². The van der Waals surface area contributed by atoms with Crippen LogP contribution in [0.25, 0.3) is 0 Å². The molecule has 0 aromatic heterocycles. The van der Waals surface area contributed by atoms with Crippen molar-refractivity contribution in [3.63, 3.8) is 0 Å². The van der Waals surface area contributed by atoms with Crippen LogP contribution in [0.3, 0.4) is 0 Å². The van der Waals surface area contributed by atoms with Crippen LogP contribution in [0.15, 0.2) is 24.3 Å². The van der Waals surface area contributed by atoms with Gasteiger partial charge < -0.3 is 15.4 Å². The lowest BCUT2D eigenvalue weighted by Gasteiger charge is -2.19. The first kappa shape index (κ1) is 17.5. The van der Waals surface area contributed by atoms with E-state index in [4.69, 9.17) is 4.74 Å². The Labute approximate surface area is 128 Å². The highest BCUT2D eigenvalue weighted by Gasteiger charge is 2.15. The summed E-state index contributed by atoms with van der Waals surface area (Å²) in [5.74, 6) is -0.126. The van der Waals surface area contributed by atoms with Gasteiger partial charge in [0.05, 0.1) is 0 Å². The summed E-state index contributed by atoms with van der Waals surface area (Å²) in [5.41, 5.74) is 1.99. The van der Waals surface area contributed by atoms with Crippen LogP contribution in [-0.2, 0) is 16.1 Å². The van der Waals surface area contributed by atoms with Gasteiger partial charge in [0.25, 0.3) is 0 Å². The van der Waals surface area contributed by atoms with Crippen LogP contribution >= 0.6 is 0 Å². The molecule has 0 amide bonds. The smallest absolute Gasteiger partial charge is 0.306 e. The minimum absolute atomic E-state index is 0.126. The molecular formula is C17H28N2O2. The Morgan fingerprint density at radius 1 is 1.29 bits per heavy atom. The maximum absolute atomic E-state index is 11.6. The summed E-state index contributed by atoms with van der Waals surface area (Å²) in [7, 11) is 0. The van der Waals surface area contributed by atoms with Crippen LogP contribution in [0.2, 0.25) is 0 Å². The van der Waals surface area contributed by atoms with Crippen LogP contribution < -0.4 is 10.6 Å². The van der Waals surface area contributed by atoms with Crippen molar-refractivity contribution in [3.8, 4) is 0 Å². The second kappa shape index (κ2) is 8.67. The molecule has 1 aromatic rings. The fourth-order valence-corrected chi connectivity index (χ4v) is 1.98. The number of hydrogen-bond acceptors (Lipinski definition) is 4. The molecule has 0 radical (unpaired) electrons. The van der Waals surface area contributed by atoms with E-state index in [9.17, 15) is 4.79 Å². The first-order valence-corrected chi connectivity index (χ1v) is 7.66. The molecule has 0 saturated carbocycles. The Morgan fingerprint density at radius 3 is 2.71 bits per heavy atom. The minimum atomic E-state index is -0.392. The molecule has 0 spiro atoms. The summed E-state index contributed by atoms with van der Waals surface area (Å²) in [6, 6.07) is 8.36. The van der Waals surface area contributed by atoms with Gasteiger partial charge in [0, 0.05) is 25.2 Å². The zero-order valence-electron chi connectivity index (χ0n) is 13.7. The molecule has 0 aliphatic heterocycles. The third-order valence-corrected chi connectivity index (χ3v) is 2.79. The summed E-state index contributed by atoms with van der Waals surface area (Å²) in [6.45, 7) is 10.3. The number of anilines is 1. The van der Waals surface area contributed by atoms with Gasteiger partial charge in [-0.25, -0.2) is 0 Å². The summed E-state index contributed by atoms with van der Waals surface area (Å²) in [5, 5.41) is 6.65. The molecule has 0 aliphatic carbocycles. The van der Waals surface area contributed by atoms with Gasteiger partial charge in [-0.05, 0) is 58.4 Å². The number of hydrogen-bond donors (Lipinski definition) is 2. The lowest BCUT2D eigenvalue weighted by atomic mass is 10.2. The molecule has 1 rings (SSSR count). The third kappa shape index (κ3) is 8.35. The van der Waals surface area contributed by atoms with Gasteiger partial charge in [-0.2, -0.15) is 0 Å². The largest absolute Gasteiger partial charge is 0.460 e. The van der Waals surface area contributed by atoms with Gasteiger partial charge in [0.2, 0.25) is 0 Å². The van der Waals surface area contributed by atoms with Crippen molar-refractivity contribution in [2.24, 2.45) is 0 Å².